The van der Waals surface area contributed by atoms with Gasteiger partial charge < -0.3 is 20.3 Å². The SMILES string of the molecule is C[C@H]1CCCN(CCCCNC(=O)Nc2ccc(OC(F)(F)F)cc2)C1. The lowest BCUT2D eigenvalue weighted by Crippen LogP contribution is -2.35. The van der Waals surface area contributed by atoms with Crippen LogP contribution in [0.2, 0.25) is 0 Å². The van der Waals surface area contributed by atoms with E-state index in [1.54, 1.807) is 0 Å². The summed E-state index contributed by atoms with van der Waals surface area (Å²) in [4.78, 5) is 14.3. The maximum absolute atomic E-state index is 12.1. The lowest BCUT2D eigenvalue weighted by molar-refractivity contribution is -0.274. The van der Waals surface area contributed by atoms with E-state index < -0.39 is 6.36 Å². The van der Waals surface area contributed by atoms with Gasteiger partial charge in [0.1, 0.15) is 5.75 Å². The number of carbonyl (C=O) groups is 1. The average molecular weight is 373 g/mol. The topological polar surface area (TPSA) is 53.6 Å². The molecule has 1 fully saturated rings. The zero-order valence-electron chi connectivity index (χ0n) is 14.9. The van der Waals surface area contributed by atoms with Crippen molar-refractivity contribution in [2.75, 3.05) is 31.5 Å². The van der Waals surface area contributed by atoms with Gasteiger partial charge in [0, 0.05) is 18.8 Å². The average Bonchev–Trinajstić information content (AvgIpc) is 2.55. The number of likely N-dealkylation sites (tertiary alicyclic amines) is 1. The molecule has 2 amide bonds. The summed E-state index contributed by atoms with van der Waals surface area (Å²) in [6.45, 7) is 6.20. The minimum Gasteiger partial charge on any atom is -0.406 e. The fourth-order valence-electron chi connectivity index (χ4n) is 3.07. The molecule has 0 saturated carbocycles. The summed E-state index contributed by atoms with van der Waals surface area (Å²) in [6.07, 6.45) is -0.248. The van der Waals surface area contributed by atoms with Crippen molar-refractivity contribution >= 4 is 11.7 Å². The Morgan fingerprint density at radius 3 is 2.65 bits per heavy atom. The minimum atomic E-state index is -4.72. The quantitative estimate of drug-likeness (QED) is 0.704. The second kappa shape index (κ2) is 9.66. The second-order valence-corrected chi connectivity index (χ2v) is 6.71. The van der Waals surface area contributed by atoms with Crippen LogP contribution in [0.5, 0.6) is 5.75 Å². The number of urea groups is 1. The van der Waals surface area contributed by atoms with Crippen LogP contribution in [0.15, 0.2) is 24.3 Å². The molecule has 5 nitrogen and oxygen atoms in total. The summed E-state index contributed by atoms with van der Waals surface area (Å²) >= 11 is 0. The number of alkyl halides is 3. The molecule has 1 aromatic rings. The highest BCUT2D eigenvalue weighted by atomic mass is 19.4. The van der Waals surface area contributed by atoms with Gasteiger partial charge >= 0.3 is 12.4 Å². The van der Waals surface area contributed by atoms with Gasteiger partial charge in [-0.2, -0.15) is 0 Å². The van der Waals surface area contributed by atoms with Gasteiger partial charge in [0.05, 0.1) is 0 Å². The Bertz CT molecular complexity index is 564. The highest BCUT2D eigenvalue weighted by molar-refractivity contribution is 5.89. The molecule has 0 unspecified atom stereocenters. The molecule has 0 spiro atoms. The third-order valence-electron chi connectivity index (χ3n) is 4.27. The van der Waals surface area contributed by atoms with E-state index in [9.17, 15) is 18.0 Å². The van der Waals surface area contributed by atoms with Gasteiger partial charge in [0.15, 0.2) is 0 Å². The first kappa shape index (κ1) is 20.4. The Kier molecular flexibility index (Phi) is 7.56. The standard InChI is InChI=1S/C18H26F3N3O2/c1-14-5-4-12-24(13-14)11-3-2-10-22-17(25)23-15-6-8-16(9-7-15)26-18(19,20)21/h6-9,14H,2-5,10-13H2,1H3,(H2,22,23,25)/t14-/m0/s1. The van der Waals surface area contributed by atoms with Crippen LogP contribution >= 0.6 is 0 Å². The first-order chi connectivity index (χ1) is 12.3. The smallest absolute Gasteiger partial charge is 0.406 e. The Hall–Kier alpha value is -1.96. The van der Waals surface area contributed by atoms with Crippen molar-refractivity contribution < 1.29 is 22.7 Å². The molecule has 1 heterocycles. The normalized spacial score (nSPS) is 18.4. The van der Waals surface area contributed by atoms with Crippen molar-refractivity contribution in [1.82, 2.24) is 10.2 Å². The zero-order chi connectivity index (χ0) is 19.0. The molecule has 0 aromatic heterocycles. The van der Waals surface area contributed by atoms with Gasteiger partial charge in [-0.3, -0.25) is 0 Å². The summed E-state index contributed by atoms with van der Waals surface area (Å²) in [5, 5.41) is 5.33. The van der Waals surface area contributed by atoms with E-state index in [0.29, 0.717) is 12.2 Å². The van der Waals surface area contributed by atoms with Crippen molar-refractivity contribution in [1.29, 1.82) is 0 Å². The van der Waals surface area contributed by atoms with Gasteiger partial charge in [-0.1, -0.05) is 6.92 Å². The molecular formula is C18H26F3N3O2. The van der Waals surface area contributed by atoms with E-state index in [1.807, 2.05) is 0 Å². The van der Waals surface area contributed by atoms with E-state index >= 15 is 0 Å². The van der Waals surface area contributed by atoms with E-state index in [1.165, 1.54) is 25.0 Å². The number of halogens is 3. The summed E-state index contributed by atoms with van der Waals surface area (Å²) in [6, 6.07) is 4.66. The molecule has 2 N–H and O–H groups in total. The van der Waals surface area contributed by atoms with Gasteiger partial charge in [-0.25, -0.2) is 4.79 Å². The van der Waals surface area contributed by atoms with Crippen LogP contribution in [-0.2, 0) is 0 Å². The third kappa shape index (κ3) is 7.95. The molecule has 1 aliphatic heterocycles. The zero-order valence-corrected chi connectivity index (χ0v) is 14.9. The largest absolute Gasteiger partial charge is 0.573 e. The maximum atomic E-state index is 12.1. The van der Waals surface area contributed by atoms with E-state index in [-0.39, 0.29) is 11.8 Å². The van der Waals surface area contributed by atoms with E-state index in [2.05, 4.69) is 27.2 Å². The molecule has 26 heavy (non-hydrogen) atoms. The maximum Gasteiger partial charge on any atom is 0.573 e. The van der Waals surface area contributed by atoms with Crippen molar-refractivity contribution in [3.63, 3.8) is 0 Å². The molecule has 0 radical (unpaired) electrons. The fourth-order valence-corrected chi connectivity index (χ4v) is 3.07. The van der Waals surface area contributed by atoms with Crippen LogP contribution in [0.1, 0.15) is 32.6 Å². The Balaban J connectivity index is 1.60. The Labute approximate surface area is 151 Å². The van der Waals surface area contributed by atoms with Crippen molar-refractivity contribution in [3.05, 3.63) is 24.3 Å². The number of anilines is 1. The Morgan fingerprint density at radius 2 is 2.00 bits per heavy atom. The highest BCUT2D eigenvalue weighted by Crippen LogP contribution is 2.23. The molecule has 8 heteroatoms. The minimum absolute atomic E-state index is 0.324. The van der Waals surface area contributed by atoms with Gasteiger partial charge in [0.25, 0.3) is 0 Å². The number of hydrogen-bond acceptors (Lipinski definition) is 3. The monoisotopic (exact) mass is 373 g/mol. The van der Waals surface area contributed by atoms with Crippen LogP contribution in [-0.4, -0.2) is 43.5 Å². The summed E-state index contributed by atoms with van der Waals surface area (Å²) in [5.41, 5.74) is 0.402. The number of nitrogens with zero attached hydrogens (tertiary/aromatic N) is 1. The number of benzene rings is 1. The third-order valence-corrected chi connectivity index (χ3v) is 4.27. The predicted octanol–water partition coefficient (Wildman–Crippen LogP) is 4.22. The molecule has 0 bridgehead atoms. The molecular weight excluding hydrogens is 347 g/mol. The summed E-state index contributed by atoms with van der Waals surface area (Å²) < 4.78 is 40.0. The number of piperidine rings is 1. The van der Waals surface area contributed by atoms with Gasteiger partial charge in [-0.15, -0.1) is 13.2 Å². The van der Waals surface area contributed by atoms with Crippen LogP contribution < -0.4 is 15.4 Å². The molecule has 1 saturated heterocycles. The molecule has 1 aromatic carbocycles. The molecule has 1 atom stereocenters. The first-order valence-corrected chi connectivity index (χ1v) is 8.95. The molecule has 0 aliphatic carbocycles. The summed E-state index contributed by atoms with van der Waals surface area (Å²) in [5.74, 6) is 0.441. The molecule has 2 rings (SSSR count). The van der Waals surface area contributed by atoms with Crippen LogP contribution in [0.3, 0.4) is 0 Å². The lowest BCUT2D eigenvalue weighted by atomic mass is 10.0. The number of ether oxygens (including phenoxy) is 1. The number of unbranched alkanes of at least 4 members (excludes halogenated alkanes) is 1. The number of hydrogen-bond donors (Lipinski definition) is 2. The summed E-state index contributed by atoms with van der Waals surface area (Å²) in [7, 11) is 0. The second-order valence-electron chi connectivity index (χ2n) is 6.71. The fraction of sp³-hybridized carbons (Fsp3) is 0.611. The number of amides is 2. The number of nitrogens with one attached hydrogen (secondary N) is 2. The molecule has 1 aliphatic rings. The van der Waals surface area contributed by atoms with Crippen molar-refractivity contribution in [2.24, 2.45) is 5.92 Å². The molecule has 146 valence electrons. The van der Waals surface area contributed by atoms with E-state index in [0.717, 1.165) is 50.5 Å². The van der Waals surface area contributed by atoms with Crippen molar-refractivity contribution in [2.45, 2.75) is 39.0 Å². The first-order valence-electron chi connectivity index (χ1n) is 8.95. The van der Waals surface area contributed by atoms with E-state index in [4.69, 9.17) is 0 Å². The van der Waals surface area contributed by atoms with Gasteiger partial charge in [0.2, 0.25) is 0 Å². The van der Waals surface area contributed by atoms with Gasteiger partial charge in [-0.05, 0) is 69.0 Å². The number of carbonyl (C=O) groups excluding carboxylic acids is 1. The van der Waals surface area contributed by atoms with Crippen LogP contribution in [0.4, 0.5) is 23.7 Å². The van der Waals surface area contributed by atoms with Crippen LogP contribution in [0.25, 0.3) is 0 Å². The van der Waals surface area contributed by atoms with Crippen molar-refractivity contribution in [3.8, 4) is 5.75 Å². The lowest BCUT2D eigenvalue weighted by Gasteiger charge is -2.30. The number of rotatable bonds is 7. The van der Waals surface area contributed by atoms with Crippen LogP contribution in [0, 0.1) is 5.92 Å². The highest BCUT2D eigenvalue weighted by Gasteiger charge is 2.30. The Morgan fingerprint density at radius 1 is 1.27 bits per heavy atom. The predicted molar refractivity (Wildman–Crippen MR) is 94.2 cm³/mol.